The van der Waals surface area contributed by atoms with Crippen LogP contribution in [-0.2, 0) is 4.79 Å². The van der Waals surface area contributed by atoms with Crippen LogP contribution in [0, 0.1) is 17.8 Å². The van der Waals surface area contributed by atoms with Gasteiger partial charge in [0.05, 0.1) is 0 Å². The molecular formula is C22H40N4OS. The zero-order valence-corrected chi connectivity index (χ0v) is 18.7. The van der Waals surface area contributed by atoms with Gasteiger partial charge in [-0.1, -0.05) is 26.2 Å². The van der Waals surface area contributed by atoms with Crippen LogP contribution in [0.15, 0.2) is 4.99 Å². The van der Waals surface area contributed by atoms with E-state index in [9.17, 15) is 4.79 Å². The SMILES string of the molecule is CN=C(NCCC1CCCC(C)C1)NC1CCC(C(=O)N2CCSCC2)CC1. The molecule has 0 aromatic heterocycles. The van der Waals surface area contributed by atoms with Crippen LogP contribution in [0.2, 0.25) is 0 Å². The van der Waals surface area contributed by atoms with Gasteiger partial charge in [-0.3, -0.25) is 9.79 Å². The van der Waals surface area contributed by atoms with Gasteiger partial charge in [0, 0.05) is 50.1 Å². The molecule has 160 valence electrons. The minimum Gasteiger partial charge on any atom is -0.356 e. The third kappa shape index (κ3) is 6.57. The Kier molecular flexibility index (Phi) is 8.81. The first-order valence-electron chi connectivity index (χ1n) is 11.5. The zero-order valence-electron chi connectivity index (χ0n) is 17.9. The summed E-state index contributed by atoms with van der Waals surface area (Å²) in [4.78, 5) is 19.2. The number of hydrogen-bond acceptors (Lipinski definition) is 3. The quantitative estimate of drug-likeness (QED) is 0.540. The number of guanidine groups is 1. The molecule has 1 amide bonds. The van der Waals surface area contributed by atoms with E-state index in [-0.39, 0.29) is 5.92 Å². The lowest BCUT2D eigenvalue weighted by atomic mass is 9.81. The van der Waals surface area contributed by atoms with Crippen LogP contribution >= 0.6 is 11.8 Å². The van der Waals surface area contributed by atoms with E-state index in [0.29, 0.717) is 11.9 Å². The van der Waals surface area contributed by atoms with E-state index in [0.717, 1.165) is 74.6 Å². The molecule has 1 saturated heterocycles. The summed E-state index contributed by atoms with van der Waals surface area (Å²) in [6, 6.07) is 0.446. The molecule has 0 aromatic carbocycles. The fourth-order valence-electron chi connectivity index (χ4n) is 5.13. The summed E-state index contributed by atoms with van der Waals surface area (Å²) >= 11 is 1.96. The van der Waals surface area contributed by atoms with E-state index in [4.69, 9.17) is 0 Å². The summed E-state index contributed by atoms with van der Waals surface area (Å²) in [5.41, 5.74) is 0. The van der Waals surface area contributed by atoms with Crippen LogP contribution in [0.3, 0.4) is 0 Å². The van der Waals surface area contributed by atoms with Crippen molar-refractivity contribution in [3.05, 3.63) is 0 Å². The molecule has 3 rings (SSSR count). The first-order chi connectivity index (χ1) is 13.7. The normalized spacial score (nSPS) is 32.1. The first-order valence-corrected chi connectivity index (χ1v) is 12.6. The predicted molar refractivity (Wildman–Crippen MR) is 120 cm³/mol. The van der Waals surface area contributed by atoms with E-state index in [2.05, 4.69) is 27.4 Å². The topological polar surface area (TPSA) is 56.7 Å². The summed E-state index contributed by atoms with van der Waals surface area (Å²) < 4.78 is 0. The van der Waals surface area contributed by atoms with Crippen LogP contribution in [0.25, 0.3) is 0 Å². The molecule has 1 aliphatic heterocycles. The average molecular weight is 409 g/mol. The Hall–Kier alpha value is -0.910. The lowest BCUT2D eigenvalue weighted by Crippen LogP contribution is -2.47. The molecule has 5 nitrogen and oxygen atoms in total. The molecule has 2 aliphatic carbocycles. The van der Waals surface area contributed by atoms with Crippen LogP contribution in [0.4, 0.5) is 0 Å². The van der Waals surface area contributed by atoms with Crippen molar-refractivity contribution in [3.63, 3.8) is 0 Å². The Morgan fingerprint density at radius 3 is 2.54 bits per heavy atom. The third-order valence-corrected chi connectivity index (χ3v) is 7.80. The van der Waals surface area contributed by atoms with E-state index >= 15 is 0 Å². The number of nitrogens with one attached hydrogen (secondary N) is 2. The molecular weight excluding hydrogens is 368 g/mol. The van der Waals surface area contributed by atoms with Crippen molar-refractivity contribution in [2.75, 3.05) is 38.2 Å². The molecule has 0 aromatic rings. The number of aliphatic imine (C=N–C) groups is 1. The third-order valence-electron chi connectivity index (χ3n) is 6.85. The number of thioether (sulfide) groups is 1. The van der Waals surface area contributed by atoms with Crippen molar-refractivity contribution >= 4 is 23.6 Å². The molecule has 0 bridgehead atoms. The van der Waals surface area contributed by atoms with Gasteiger partial charge in [0.1, 0.15) is 0 Å². The van der Waals surface area contributed by atoms with E-state index in [1.54, 1.807) is 0 Å². The molecule has 2 unspecified atom stereocenters. The van der Waals surface area contributed by atoms with Crippen LogP contribution in [0.1, 0.15) is 64.7 Å². The highest BCUT2D eigenvalue weighted by Gasteiger charge is 2.30. The monoisotopic (exact) mass is 408 g/mol. The van der Waals surface area contributed by atoms with E-state index in [1.165, 1.54) is 32.1 Å². The molecule has 2 atom stereocenters. The standard InChI is InChI=1S/C22H40N4OS/c1-17-4-3-5-18(16-17)10-11-24-22(23-2)25-20-8-6-19(7-9-20)21(27)26-12-14-28-15-13-26/h17-20H,3-16H2,1-2H3,(H2,23,24,25). The number of amides is 1. The fraction of sp³-hybridized carbons (Fsp3) is 0.909. The maximum Gasteiger partial charge on any atom is 0.225 e. The van der Waals surface area contributed by atoms with Gasteiger partial charge in [-0.15, -0.1) is 0 Å². The Labute approximate surface area is 175 Å². The van der Waals surface area contributed by atoms with Gasteiger partial charge in [0.2, 0.25) is 5.91 Å². The average Bonchev–Trinajstić information content (AvgIpc) is 2.74. The van der Waals surface area contributed by atoms with Crippen molar-refractivity contribution in [1.82, 2.24) is 15.5 Å². The molecule has 28 heavy (non-hydrogen) atoms. The Morgan fingerprint density at radius 2 is 1.86 bits per heavy atom. The minimum absolute atomic E-state index is 0.240. The van der Waals surface area contributed by atoms with Gasteiger partial charge < -0.3 is 15.5 Å². The van der Waals surface area contributed by atoms with Gasteiger partial charge in [-0.05, 0) is 50.4 Å². The summed E-state index contributed by atoms with van der Waals surface area (Å²) in [6.45, 7) is 5.29. The predicted octanol–water partition coefficient (Wildman–Crippen LogP) is 3.50. The number of hydrogen-bond donors (Lipinski definition) is 2. The second-order valence-corrected chi connectivity index (χ2v) is 10.3. The van der Waals surface area contributed by atoms with Crippen molar-refractivity contribution in [1.29, 1.82) is 0 Å². The van der Waals surface area contributed by atoms with Crippen LogP contribution in [0.5, 0.6) is 0 Å². The highest BCUT2D eigenvalue weighted by Crippen LogP contribution is 2.30. The van der Waals surface area contributed by atoms with Crippen molar-refractivity contribution in [2.24, 2.45) is 22.7 Å². The van der Waals surface area contributed by atoms with E-state index < -0.39 is 0 Å². The summed E-state index contributed by atoms with van der Waals surface area (Å²) in [7, 11) is 1.86. The first kappa shape index (κ1) is 21.8. The van der Waals surface area contributed by atoms with Crippen LogP contribution < -0.4 is 10.6 Å². The zero-order chi connectivity index (χ0) is 19.8. The summed E-state index contributed by atoms with van der Waals surface area (Å²) in [5, 5.41) is 7.13. The maximum atomic E-state index is 12.7. The van der Waals surface area contributed by atoms with Crippen molar-refractivity contribution in [2.45, 2.75) is 70.8 Å². The molecule has 2 saturated carbocycles. The summed E-state index contributed by atoms with van der Waals surface area (Å²) in [5.74, 6) is 5.57. The second kappa shape index (κ2) is 11.3. The molecule has 2 N–H and O–H groups in total. The van der Waals surface area contributed by atoms with Crippen molar-refractivity contribution in [3.8, 4) is 0 Å². The lowest BCUT2D eigenvalue weighted by Gasteiger charge is -2.34. The molecule has 1 heterocycles. The maximum absolute atomic E-state index is 12.7. The molecule has 3 fully saturated rings. The van der Waals surface area contributed by atoms with E-state index in [1.807, 2.05) is 18.8 Å². The highest BCUT2D eigenvalue weighted by atomic mass is 32.2. The number of rotatable bonds is 5. The van der Waals surface area contributed by atoms with Crippen molar-refractivity contribution < 1.29 is 4.79 Å². The minimum atomic E-state index is 0.240. The largest absolute Gasteiger partial charge is 0.356 e. The molecule has 0 spiro atoms. The number of carbonyl (C=O) groups is 1. The van der Waals surface area contributed by atoms with Gasteiger partial charge in [0.15, 0.2) is 5.96 Å². The van der Waals surface area contributed by atoms with Gasteiger partial charge in [-0.2, -0.15) is 11.8 Å². The van der Waals surface area contributed by atoms with Gasteiger partial charge in [-0.25, -0.2) is 0 Å². The Morgan fingerprint density at radius 1 is 1.11 bits per heavy atom. The second-order valence-electron chi connectivity index (χ2n) is 9.06. The van der Waals surface area contributed by atoms with Crippen LogP contribution in [-0.4, -0.2) is 61.0 Å². The smallest absolute Gasteiger partial charge is 0.225 e. The Bertz CT molecular complexity index is 513. The van der Waals surface area contributed by atoms with Gasteiger partial charge in [0.25, 0.3) is 0 Å². The molecule has 6 heteroatoms. The number of carbonyl (C=O) groups excluding carboxylic acids is 1. The van der Waals surface area contributed by atoms with Gasteiger partial charge >= 0.3 is 0 Å². The Balaban J connectivity index is 1.34. The fourth-order valence-corrected chi connectivity index (χ4v) is 6.03. The summed E-state index contributed by atoms with van der Waals surface area (Å²) in [6.07, 6.45) is 11.0. The molecule has 3 aliphatic rings. The molecule has 0 radical (unpaired) electrons. The lowest BCUT2D eigenvalue weighted by molar-refractivity contribution is -0.136. The number of nitrogens with zero attached hydrogens (tertiary/aromatic N) is 2. The highest BCUT2D eigenvalue weighted by molar-refractivity contribution is 7.99.